The van der Waals surface area contributed by atoms with Crippen LogP contribution in [0.4, 0.5) is 0 Å². The summed E-state index contributed by atoms with van der Waals surface area (Å²) in [6.45, 7) is 5.25. The molecular weight excluding hydrogens is 386 g/mol. The highest BCUT2D eigenvalue weighted by Crippen LogP contribution is 2.37. The molecule has 5 nitrogen and oxygen atoms in total. The Morgan fingerprint density at radius 3 is 2.68 bits per heavy atom. The fourth-order valence-electron chi connectivity index (χ4n) is 2.40. The second-order valence-electron chi connectivity index (χ2n) is 5.61. The molecule has 25 heavy (non-hydrogen) atoms. The van der Waals surface area contributed by atoms with Gasteiger partial charge in [0.2, 0.25) is 0 Å². The molecule has 0 saturated carbocycles. The predicted octanol–water partition coefficient (Wildman–Crippen LogP) is 3.91. The normalized spacial score (nSPS) is 10.5. The third kappa shape index (κ3) is 6.07. The molecule has 2 aromatic carbocycles. The third-order valence-corrected chi connectivity index (χ3v) is 4.03. The molecule has 0 fully saturated rings. The van der Waals surface area contributed by atoms with Gasteiger partial charge in [0.05, 0.1) is 17.6 Å². The van der Waals surface area contributed by atoms with E-state index in [2.05, 4.69) is 27.3 Å². The van der Waals surface area contributed by atoms with Crippen molar-refractivity contribution in [2.75, 3.05) is 13.2 Å². The van der Waals surface area contributed by atoms with Gasteiger partial charge in [-0.1, -0.05) is 29.8 Å². The summed E-state index contributed by atoms with van der Waals surface area (Å²) in [7, 11) is 0. The molecular formula is C19H22BrNO4. The highest BCUT2D eigenvalue weighted by Gasteiger charge is 2.13. The van der Waals surface area contributed by atoms with Crippen LogP contribution in [0, 0.1) is 6.92 Å². The van der Waals surface area contributed by atoms with Crippen molar-refractivity contribution in [3.8, 4) is 11.5 Å². The van der Waals surface area contributed by atoms with E-state index in [1.54, 1.807) is 0 Å². The van der Waals surface area contributed by atoms with Gasteiger partial charge < -0.3 is 19.9 Å². The Balaban J connectivity index is 2.14. The molecule has 6 heteroatoms. The molecule has 0 heterocycles. The predicted molar refractivity (Wildman–Crippen MR) is 100 cm³/mol. The Labute approximate surface area is 156 Å². The first-order valence-corrected chi connectivity index (χ1v) is 8.85. The van der Waals surface area contributed by atoms with Gasteiger partial charge in [-0.05, 0) is 53.0 Å². The maximum absolute atomic E-state index is 10.6. The average Bonchev–Trinajstić information content (AvgIpc) is 2.54. The molecule has 0 saturated heterocycles. The van der Waals surface area contributed by atoms with E-state index in [1.807, 2.05) is 44.2 Å². The van der Waals surface area contributed by atoms with E-state index < -0.39 is 5.97 Å². The highest BCUT2D eigenvalue weighted by molar-refractivity contribution is 9.10. The van der Waals surface area contributed by atoms with Crippen molar-refractivity contribution in [3.05, 3.63) is 57.6 Å². The van der Waals surface area contributed by atoms with E-state index in [9.17, 15) is 4.79 Å². The van der Waals surface area contributed by atoms with Crippen molar-refractivity contribution < 1.29 is 19.4 Å². The molecule has 2 rings (SSSR count). The van der Waals surface area contributed by atoms with Crippen molar-refractivity contribution in [2.45, 2.75) is 27.0 Å². The van der Waals surface area contributed by atoms with Gasteiger partial charge in [0.25, 0.3) is 0 Å². The quantitative estimate of drug-likeness (QED) is 0.659. The number of ether oxygens (including phenoxy) is 2. The smallest absolute Gasteiger partial charge is 0.317 e. The molecule has 0 aliphatic rings. The standard InChI is InChI=1S/C19H22BrNO4/c1-3-24-17-9-15(10-21-11-18(22)23)8-16(20)19(17)25-12-14-6-4-5-13(2)7-14/h4-9,21H,3,10-12H2,1-2H3,(H,22,23). The van der Waals surface area contributed by atoms with Crippen molar-refractivity contribution in [2.24, 2.45) is 0 Å². The van der Waals surface area contributed by atoms with Gasteiger partial charge in [-0.2, -0.15) is 0 Å². The molecule has 0 bridgehead atoms. The number of hydrogen-bond acceptors (Lipinski definition) is 4. The lowest BCUT2D eigenvalue weighted by molar-refractivity contribution is -0.135. The maximum Gasteiger partial charge on any atom is 0.317 e. The van der Waals surface area contributed by atoms with Crippen LogP contribution in [0.3, 0.4) is 0 Å². The summed E-state index contributed by atoms with van der Waals surface area (Å²) < 4.78 is 12.4. The topological polar surface area (TPSA) is 67.8 Å². The fourth-order valence-corrected chi connectivity index (χ4v) is 3.00. The van der Waals surface area contributed by atoms with Crippen LogP contribution in [0.1, 0.15) is 23.6 Å². The van der Waals surface area contributed by atoms with Crippen LogP contribution in [-0.2, 0) is 17.9 Å². The maximum atomic E-state index is 10.6. The zero-order valence-electron chi connectivity index (χ0n) is 14.3. The summed E-state index contributed by atoms with van der Waals surface area (Å²) in [5, 5.41) is 11.6. The fraction of sp³-hybridized carbons (Fsp3) is 0.316. The van der Waals surface area contributed by atoms with E-state index in [1.165, 1.54) is 5.56 Å². The molecule has 0 unspecified atom stereocenters. The van der Waals surface area contributed by atoms with E-state index in [0.29, 0.717) is 31.3 Å². The number of carboxylic acids is 1. The van der Waals surface area contributed by atoms with E-state index in [4.69, 9.17) is 14.6 Å². The summed E-state index contributed by atoms with van der Waals surface area (Å²) in [6, 6.07) is 11.9. The lowest BCUT2D eigenvalue weighted by Gasteiger charge is -2.16. The van der Waals surface area contributed by atoms with Crippen LogP contribution >= 0.6 is 15.9 Å². The number of carboxylic acid groups (broad SMARTS) is 1. The number of aliphatic carboxylic acids is 1. The summed E-state index contributed by atoms with van der Waals surface area (Å²) >= 11 is 3.53. The van der Waals surface area contributed by atoms with Crippen molar-refractivity contribution >= 4 is 21.9 Å². The molecule has 0 amide bonds. The highest BCUT2D eigenvalue weighted by atomic mass is 79.9. The monoisotopic (exact) mass is 407 g/mol. The Morgan fingerprint density at radius 1 is 1.20 bits per heavy atom. The Hall–Kier alpha value is -2.05. The lowest BCUT2D eigenvalue weighted by Crippen LogP contribution is -2.21. The van der Waals surface area contributed by atoms with Gasteiger partial charge in [-0.25, -0.2) is 0 Å². The number of benzene rings is 2. The van der Waals surface area contributed by atoms with Gasteiger partial charge in [0.15, 0.2) is 11.5 Å². The molecule has 0 aliphatic heterocycles. The number of hydrogen-bond donors (Lipinski definition) is 2. The average molecular weight is 408 g/mol. The van der Waals surface area contributed by atoms with Crippen LogP contribution in [0.2, 0.25) is 0 Å². The molecule has 0 radical (unpaired) electrons. The van der Waals surface area contributed by atoms with Crippen LogP contribution in [-0.4, -0.2) is 24.2 Å². The van der Waals surface area contributed by atoms with Crippen LogP contribution in [0.25, 0.3) is 0 Å². The SMILES string of the molecule is CCOc1cc(CNCC(=O)O)cc(Br)c1OCc1cccc(C)c1. The second kappa shape index (κ2) is 9.44. The molecule has 0 spiro atoms. The molecule has 0 atom stereocenters. The Morgan fingerprint density at radius 2 is 2.00 bits per heavy atom. The first-order valence-electron chi connectivity index (χ1n) is 8.05. The Kier molecular flexibility index (Phi) is 7.28. The van der Waals surface area contributed by atoms with Crippen molar-refractivity contribution in [3.63, 3.8) is 0 Å². The number of nitrogens with one attached hydrogen (secondary N) is 1. The third-order valence-electron chi connectivity index (χ3n) is 3.44. The zero-order valence-corrected chi connectivity index (χ0v) is 15.9. The van der Waals surface area contributed by atoms with E-state index in [-0.39, 0.29) is 6.54 Å². The molecule has 0 aromatic heterocycles. The Bertz CT molecular complexity index is 733. The first kappa shape index (κ1) is 19.3. The molecule has 134 valence electrons. The summed E-state index contributed by atoms with van der Waals surface area (Å²) in [5.41, 5.74) is 3.19. The van der Waals surface area contributed by atoms with Crippen LogP contribution in [0.5, 0.6) is 11.5 Å². The van der Waals surface area contributed by atoms with Gasteiger partial charge in [-0.3, -0.25) is 4.79 Å². The van der Waals surface area contributed by atoms with Gasteiger partial charge in [-0.15, -0.1) is 0 Å². The number of halogens is 1. The minimum Gasteiger partial charge on any atom is -0.490 e. The molecule has 0 aliphatic carbocycles. The number of carbonyl (C=O) groups is 1. The molecule has 2 aromatic rings. The largest absolute Gasteiger partial charge is 0.490 e. The van der Waals surface area contributed by atoms with E-state index >= 15 is 0 Å². The summed E-state index contributed by atoms with van der Waals surface area (Å²) in [6.07, 6.45) is 0. The minimum atomic E-state index is -0.887. The van der Waals surface area contributed by atoms with E-state index in [0.717, 1.165) is 15.6 Å². The minimum absolute atomic E-state index is 0.0901. The number of aryl methyl sites for hydroxylation is 1. The number of rotatable bonds is 9. The first-order chi connectivity index (χ1) is 12.0. The molecule has 2 N–H and O–H groups in total. The summed E-state index contributed by atoms with van der Waals surface area (Å²) in [4.78, 5) is 10.6. The zero-order chi connectivity index (χ0) is 18.2. The van der Waals surface area contributed by atoms with Crippen molar-refractivity contribution in [1.29, 1.82) is 0 Å². The van der Waals surface area contributed by atoms with Crippen LogP contribution in [0.15, 0.2) is 40.9 Å². The van der Waals surface area contributed by atoms with Crippen LogP contribution < -0.4 is 14.8 Å². The van der Waals surface area contributed by atoms with Crippen molar-refractivity contribution in [1.82, 2.24) is 5.32 Å². The van der Waals surface area contributed by atoms with Gasteiger partial charge in [0.1, 0.15) is 6.61 Å². The van der Waals surface area contributed by atoms with Gasteiger partial charge in [0, 0.05) is 6.54 Å². The summed E-state index contributed by atoms with van der Waals surface area (Å²) in [5.74, 6) is 0.393. The van der Waals surface area contributed by atoms with Gasteiger partial charge >= 0.3 is 5.97 Å². The second-order valence-corrected chi connectivity index (χ2v) is 6.47. The lowest BCUT2D eigenvalue weighted by atomic mass is 10.1.